The molecule has 7 nitrogen and oxygen atoms in total. The number of carbonyl (C=O) groups is 2. The van der Waals surface area contributed by atoms with Crippen LogP contribution in [0.15, 0.2) is 36.7 Å². The van der Waals surface area contributed by atoms with Crippen LogP contribution in [-0.2, 0) is 27.3 Å². The van der Waals surface area contributed by atoms with E-state index in [0.29, 0.717) is 12.3 Å². The highest BCUT2D eigenvalue weighted by Crippen LogP contribution is 2.27. The van der Waals surface area contributed by atoms with E-state index in [9.17, 15) is 9.59 Å². The minimum Gasteiger partial charge on any atom is -0.480 e. The van der Waals surface area contributed by atoms with Crippen LogP contribution in [0.4, 0.5) is 5.69 Å². The highest BCUT2D eigenvalue weighted by molar-refractivity contribution is 5.95. The molecule has 0 bridgehead atoms. The monoisotopic (exact) mass is 301 g/mol. The molecule has 1 amide bonds. The number of nitrogens with one attached hydrogen (secondary N) is 1. The Balaban J connectivity index is 1.73. The third-order valence-corrected chi connectivity index (χ3v) is 3.43. The van der Waals surface area contributed by atoms with Gasteiger partial charge in [-0.3, -0.25) is 14.3 Å². The minimum absolute atomic E-state index is 0.251. The van der Waals surface area contributed by atoms with Crippen LogP contribution in [0.5, 0.6) is 0 Å². The van der Waals surface area contributed by atoms with Crippen LogP contribution < -0.4 is 5.32 Å². The molecule has 2 aromatic rings. The van der Waals surface area contributed by atoms with E-state index in [0.717, 1.165) is 17.5 Å². The molecule has 0 aliphatic carbocycles. The fraction of sp³-hybridized carbons (Fsp3) is 0.267. The van der Waals surface area contributed by atoms with Crippen LogP contribution in [0, 0.1) is 0 Å². The number of aliphatic carboxylic acids is 1. The molecule has 1 aromatic heterocycles. The lowest BCUT2D eigenvalue weighted by Crippen LogP contribution is -2.28. The zero-order valence-electron chi connectivity index (χ0n) is 11.7. The van der Waals surface area contributed by atoms with E-state index in [2.05, 4.69) is 10.4 Å². The summed E-state index contributed by atoms with van der Waals surface area (Å²) < 4.78 is 6.82. The number of hydrogen-bond donors (Lipinski definition) is 2. The number of hydrogen-bond acceptors (Lipinski definition) is 4. The van der Waals surface area contributed by atoms with Gasteiger partial charge in [0.15, 0.2) is 6.10 Å². The molecular formula is C15H15N3O4. The summed E-state index contributed by atoms with van der Waals surface area (Å²) in [7, 11) is 0. The minimum atomic E-state index is -0.995. The molecule has 0 saturated heterocycles. The molecule has 2 heterocycles. The van der Waals surface area contributed by atoms with Crippen molar-refractivity contribution in [1.29, 1.82) is 0 Å². The number of carbonyl (C=O) groups excluding carboxylic acids is 1. The van der Waals surface area contributed by atoms with Crippen LogP contribution in [0.25, 0.3) is 0 Å². The van der Waals surface area contributed by atoms with E-state index >= 15 is 0 Å². The Morgan fingerprint density at radius 1 is 1.41 bits per heavy atom. The second-order valence-electron chi connectivity index (χ2n) is 5.01. The van der Waals surface area contributed by atoms with Crippen molar-refractivity contribution >= 4 is 17.6 Å². The molecule has 1 atom stereocenters. The first kappa shape index (κ1) is 14.3. The summed E-state index contributed by atoms with van der Waals surface area (Å²) in [6.45, 7) is 0.242. The van der Waals surface area contributed by atoms with Crippen LogP contribution >= 0.6 is 0 Å². The molecule has 7 heteroatoms. The van der Waals surface area contributed by atoms with Gasteiger partial charge in [0.1, 0.15) is 6.54 Å². The van der Waals surface area contributed by atoms with Crippen LogP contribution in [0.2, 0.25) is 0 Å². The molecule has 0 radical (unpaired) electrons. The van der Waals surface area contributed by atoms with E-state index in [1.54, 1.807) is 0 Å². The number of benzene rings is 1. The summed E-state index contributed by atoms with van der Waals surface area (Å²) in [5.41, 5.74) is 2.41. The molecule has 1 aliphatic rings. The van der Waals surface area contributed by atoms with Gasteiger partial charge in [0.2, 0.25) is 0 Å². The smallest absolute Gasteiger partial charge is 0.325 e. The topological polar surface area (TPSA) is 93.5 Å². The summed E-state index contributed by atoms with van der Waals surface area (Å²) in [6.07, 6.45) is 3.01. The summed E-state index contributed by atoms with van der Waals surface area (Å²) >= 11 is 0. The van der Waals surface area contributed by atoms with Crippen molar-refractivity contribution in [3.63, 3.8) is 0 Å². The highest BCUT2D eigenvalue weighted by Gasteiger charge is 2.27. The quantitative estimate of drug-likeness (QED) is 0.885. The van der Waals surface area contributed by atoms with Gasteiger partial charge in [0.25, 0.3) is 5.91 Å². The lowest BCUT2D eigenvalue weighted by atomic mass is 9.97. The second kappa shape index (κ2) is 5.98. The molecule has 3 rings (SSSR count). The summed E-state index contributed by atoms with van der Waals surface area (Å²) in [5.74, 6) is -1.28. The average molecular weight is 301 g/mol. The second-order valence-corrected chi connectivity index (χ2v) is 5.01. The largest absolute Gasteiger partial charge is 0.480 e. The molecule has 1 aliphatic heterocycles. The number of aromatic nitrogens is 2. The molecule has 114 valence electrons. The summed E-state index contributed by atoms with van der Waals surface area (Å²) in [5, 5.41) is 15.3. The Bertz CT molecular complexity index is 710. The maximum absolute atomic E-state index is 12.4. The molecular weight excluding hydrogens is 286 g/mol. The standard InChI is InChI=1S/C15H15N3O4/c19-13(20)9-18-8-11(7-16-18)17-15(21)14-12-4-2-1-3-10(12)5-6-22-14/h1-4,7-8,14H,5-6,9H2,(H,17,21)(H,19,20). The Hall–Kier alpha value is -2.67. The number of carboxylic acids is 1. The van der Waals surface area contributed by atoms with Crippen molar-refractivity contribution in [2.75, 3.05) is 11.9 Å². The summed E-state index contributed by atoms with van der Waals surface area (Å²) in [6, 6.07) is 7.68. The number of carboxylic acid groups (broad SMARTS) is 1. The van der Waals surface area contributed by atoms with Gasteiger partial charge in [0.05, 0.1) is 18.5 Å². The predicted octanol–water partition coefficient (Wildman–Crippen LogP) is 1.22. The fourth-order valence-corrected chi connectivity index (χ4v) is 2.47. The Morgan fingerprint density at radius 2 is 2.23 bits per heavy atom. The fourth-order valence-electron chi connectivity index (χ4n) is 2.47. The number of anilines is 1. The van der Waals surface area contributed by atoms with Crippen molar-refractivity contribution < 1.29 is 19.4 Å². The van der Waals surface area contributed by atoms with E-state index in [1.165, 1.54) is 17.1 Å². The Kier molecular flexibility index (Phi) is 3.88. The molecule has 2 N–H and O–H groups in total. The number of fused-ring (bicyclic) bond motifs is 1. The van der Waals surface area contributed by atoms with Crippen LogP contribution in [0.3, 0.4) is 0 Å². The molecule has 0 fully saturated rings. The number of nitrogens with zero attached hydrogens (tertiary/aromatic N) is 2. The third kappa shape index (κ3) is 2.99. The molecule has 1 unspecified atom stereocenters. The van der Waals surface area contributed by atoms with Gasteiger partial charge in [-0.2, -0.15) is 5.10 Å². The molecule has 22 heavy (non-hydrogen) atoms. The lowest BCUT2D eigenvalue weighted by molar-refractivity contribution is -0.137. The number of rotatable bonds is 4. The van der Waals surface area contributed by atoms with Gasteiger partial charge in [-0.05, 0) is 17.5 Å². The van der Waals surface area contributed by atoms with E-state index in [4.69, 9.17) is 9.84 Å². The van der Waals surface area contributed by atoms with Gasteiger partial charge in [-0.25, -0.2) is 0 Å². The number of amides is 1. The highest BCUT2D eigenvalue weighted by atomic mass is 16.5. The van der Waals surface area contributed by atoms with Gasteiger partial charge in [-0.1, -0.05) is 24.3 Å². The van der Waals surface area contributed by atoms with E-state index in [-0.39, 0.29) is 12.5 Å². The lowest BCUT2D eigenvalue weighted by Gasteiger charge is -2.24. The van der Waals surface area contributed by atoms with Crippen LogP contribution in [-0.4, -0.2) is 33.4 Å². The zero-order valence-corrected chi connectivity index (χ0v) is 11.7. The Morgan fingerprint density at radius 3 is 3.05 bits per heavy atom. The maximum atomic E-state index is 12.4. The van der Waals surface area contributed by atoms with Gasteiger partial charge in [0, 0.05) is 6.20 Å². The van der Waals surface area contributed by atoms with Crippen molar-refractivity contribution in [2.45, 2.75) is 19.1 Å². The first-order chi connectivity index (χ1) is 10.6. The van der Waals surface area contributed by atoms with Gasteiger partial charge >= 0.3 is 5.97 Å². The first-order valence-corrected chi connectivity index (χ1v) is 6.88. The normalized spacial score (nSPS) is 16.8. The van der Waals surface area contributed by atoms with Gasteiger partial charge in [-0.15, -0.1) is 0 Å². The average Bonchev–Trinajstić information content (AvgIpc) is 2.92. The van der Waals surface area contributed by atoms with Gasteiger partial charge < -0.3 is 15.2 Å². The summed E-state index contributed by atoms with van der Waals surface area (Å²) in [4.78, 5) is 23.0. The number of ether oxygens (including phenoxy) is 1. The first-order valence-electron chi connectivity index (χ1n) is 6.88. The molecule has 1 aromatic carbocycles. The van der Waals surface area contributed by atoms with Crippen molar-refractivity contribution in [2.24, 2.45) is 0 Å². The van der Waals surface area contributed by atoms with E-state index in [1.807, 2.05) is 24.3 Å². The van der Waals surface area contributed by atoms with Crippen LogP contribution in [0.1, 0.15) is 17.2 Å². The SMILES string of the molecule is O=C(O)Cn1cc(NC(=O)C2OCCc3ccccc32)cn1. The van der Waals surface area contributed by atoms with Crippen molar-refractivity contribution in [3.8, 4) is 0 Å². The maximum Gasteiger partial charge on any atom is 0.325 e. The third-order valence-electron chi connectivity index (χ3n) is 3.43. The van der Waals surface area contributed by atoms with E-state index < -0.39 is 12.1 Å². The zero-order chi connectivity index (χ0) is 15.5. The predicted molar refractivity (Wildman–Crippen MR) is 77.3 cm³/mol. The molecule has 0 saturated carbocycles. The van der Waals surface area contributed by atoms with Crippen molar-refractivity contribution in [1.82, 2.24) is 9.78 Å². The molecule has 0 spiro atoms. The van der Waals surface area contributed by atoms with Crippen molar-refractivity contribution in [3.05, 3.63) is 47.8 Å². The Labute approximate surface area is 126 Å².